The zero-order valence-corrected chi connectivity index (χ0v) is 20.9. The first-order valence-electron chi connectivity index (χ1n) is 11.3. The van der Waals surface area contributed by atoms with Gasteiger partial charge in [-0.3, -0.25) is 9.17 Å². The molecule has 0 aliphatic heterocycles. The van der Waals surface area contributed by atoms with Crippen LogP contribution in [0.1, 0.15) is 42.1 Å². The highest BCUT2D eigenvalue weighted by atomic mass is 32.1. The molecule has 2 heterocycles. The van der Waals surface area contributed by atoms with Gasteiger partial charge in [0.1, 0.15) is 5.00 Å². The summed E-state index contributed by atoms with van der Waals surface area (Å²) < 4.78 is 8.06. The molecule has 1 N–H and O–H groups in total. The number of ether oxygens (including phenoxy) is 1. The number of hydrogen-bond donors (Lipinski definition) is 1. The molecule has 0 unspecified atom stereocenters. The molecule has 0 amide bonds. The Labute approximate surface area is 207 Å². The van der Waals surface area contributed by atoms with Gasteiger partial charge in [0, 0.05) is 30.2 Å². The fourth-order valence-corrected chi connectivity index (χ4v) is 5.33. The van der Waals surface area contributed by atoms with E-state index in [0.29, 0.717) is 17.9 Å². The van der Waals surface area contributed by atoms with Gasteiger partial charge in [-0.2, -0.15) is 4.98 Å². The number of thiophene rings is 1. The third-order valence-corrected chi connectivity index (χ3v) is 7.14. The summed E-state index contributed by atoms with van der Waals surface area (Å²) in [5, 5.41) is 2.84. The fraction of sp³-hybridized carbons (Fsp3) is 0.269. The number of nitrogens with zero attached hydrogens (tertiary/aromatic N) is 2. The summed E-state index contributed by atoms with van der Waals surface area (Å²) in [5.41, 5.74) is 4.62. The normalized spacial score (nSPS) is 10.9. The van der Waals surface area contributed by atoms with Crippen molar-refractivity contribution in [3.63, 3.8) is 0 Å². The van der Waals surface area contributed by atoms with Crippen LogP contribution in [0.3, 0.4) is 0 Å². The molecule has 0 atom stereocenters. The highest BCUT2D eigenvalue weighted by Crippen LogP contribution is 2.34. The van der Waals surface area contributed by atoms with E-state index in [1.54, 1.807) is 11.3 Å². The summed E-state index contributed by atoms with van der Waals surface area (Å²) in [6.07, 6.45) is 3.27. The molecule has 2 aromatic heterocycles. The molecule has 176 valence electrons. The van der Waals surface area contributed by atoms with Gasteiger partial charge in [0.15, 0.2) is 5.82 Å². The number of benzene rings is 2. The number of aromatic amines is 1. The van der Waals surface area contributed by atoms with Crippen molar-refractivity contribution in [3.8, 4) is 22.5 Å². The SMILES string of the molecule is CCCCCN(Cc1ccc(-c2ccccc2)c(-c2nc(=O)s[nH]2)c1)c1sccc1C(=O)OC. The molecule has 0 aliphatic rings. The number of rotatable bonds is 10. The maximum Gasteiger partial charge on any atom is 0.344 e. The first kappa shape index (κ1) is 23.9. The smallest absolute Gasteiger partial charge is 0.344 e. The zero-order valence-electron chi connectivity index (χ0n) is 19.2. The molecule has 34 heavy (non-hydrogen) atoms. The average molecular weight is 494 g/mol. The van der Waals surface area contributed by atoms with E-state index in [0.717, 1.165) is 64.6 Å². The van der Waals surface area contributed by atoms with Crippen LogP contribution in [-0.2, 0) is 11.3 Å². The van der Waals surface area contributed by atoms with Crippen LogP contribution in [0.2, 0.25) is 0 Å². The lowest BCUT2D eigenvalue weighted by Gasteiger charge is -2.25. The lowest BCUT2D eigenvalue weighted by molar-refractivity contribution is 0.0602. The Hall–Kier alpha value is -3.23. The number of unbranched alkanes of at least 4 members (excludes halogenated alkanes) is 2. The van der Waals surface area contributed by atoms with Gasteiger partial charge in [0.25, 0.3) is 0 Å². The van der Waals surface area contributed by atoms with E-state index in [1.807, 2.05) is 41.8 Å². The Morgan fingerprint density at radius 2 is 1.91 bits per heavy atom. The van der Waals surface area contributed by atoms with Crippen LogP contribution in [0, 0.1) is 0 Å². The second-order valence-corrected chi connectivity index (χ2v) is 9.59. The van der Waals surface area contributed by atoms with Crippen molar-refractivity contribution in [2.24, 2.45) is 0 Å². The van der Waals surface area contributed by atoms with E-state index in [1.165, 1.54) is 7.11 Å². The van der Waals surface area contributed by atoms with Crippen LogP contribution < -0.4 is 9.77 Å². The van der Waals surface area contributed by atoms with E-state index in [4.69, 9.17) is 4.74 Å². The Bertz CT molecular complexity index is 1290. The van der Waals surface area contributed by atoms with E-state index in [-0.39, 0.29) is 10.8 Å². The van der Waals surface area contributed by atoms with Gasteiger partial charge in [-0.05, 0) is 40.6 Å². The van der Waals surface area contributed by atoms with Crippen molar-refractivity contribution < 1.29 is 9.53 Å². The first-order valence-corrected chi connectivity index (χ1v) is 12.9. The maximum atomic E-state index is 12.3. The Kier molecular flexibility index (Phi) is 7.92. The number of aromatic nitrogens is 2. The van der Waals surface area contributed by atoms with Gasteiger partial charge in [-0.1, -0.05) is 62.2 Å². The van der Waals surface area contributed by atoms with Gasteiger partial charge >= 0.3 is 10.8 Å². The lowest BCUT2D eigenvalue weighted by atomic mass is 9.97. The number of carbonyl (C=O) groups excluding carboxylic acids is 1. The van der Waals surface area contributed by atoms with Crippen LogP contribution in [0.4, 0.5) is 5.00 Å². The average Bonchev–Trinajstić information content (AvgIpc) is 3.53. The molecule has 0 aliphatic carbocycles. The molecule has 0 fully saturated rings. The van der Waals surface area contributed by atoms with Crippen LogP contribution in [-0.4, -0.2) is 29.0 Å². The predicted molar refractivity (Wildman–Crippen MR) is 140 cm³/mol. The largest absolute Gasteiger partial charge is 0.465 e. The molecule has 0 radical (unpaired) electrons. The van der Waals surface area contributed by atoms with Gasteiger partial charge < -0.3 is 9.64 Å². The number of anilines is 1. The first-order chi connectivity index (χ1) is 16.6. The Morgan fingerprint density at radius 1 is 1.09 bits per heavy atom. The summed E-state index contributed by atoms with van der Waals surface area (Å²) in [4.78, 5) is 30.4. The molecule has 6 nitrogen and oxygen atoms in total. The highest BCUT2D eigenvalue weighted by molar-refractivity contribution is 7.14. The molecule has 0 saturated heterocycles. The maximum absolute atomic E-state index is 12.3. The van der Waals surface area contributed by atoms with Crippen LogP contribution in [0.15, 0.2) is 64.8 Å². The van der Waals surface area contributed by atoms with Crippen molar-refractivity contribution >= 4 is 33.8 Å². The summed E-state index contributed by atoms with van der Waals surface area (Å²) in [6, 6.07) is 18.2. The van der Waals surface area contributed by atoms with Crippen LogP contribution in [0.25, 0.3) is 22.5 Å². The van der Waals surface area contributed by atoms with Crippen molar-refractivity contribution in [3.05, 3.63) is 80.8 Å². The molecule has 4 aromatic rings. The van der Waals surface area contributed by atoms with Gasteiger partial charge in [-0.25, -0.2) is 4.79 Å². The molecule has 0 bridgehead atoms. The number of esters is 1. The zero-order chi connectivity index (χ0) is 23.9. The molecule has 4 rings (SSSR count). The second kappa shape index (κ2) is 11.3. The van der Waals surface area contributed by atoms with Gasteiger partial charge in [0.05, 0.1) is 12.7 Å². The summed E-state index contributed by atoms with van der Waals surface area (Å²) in [7, 11) is 1.41. The summed E-state index contributed by atoms with van der Waals surface area (Å²) in [6.45, 7) is 3.64. The van der Waals surface area contributed by atoms with E-state index < -0.39 is 0 Å². The van der Waals surface area contributed by atoms with E-state index in [2.05, 4.69) is 39.4 Å². The predicted octanol–water partition coefficient (Wildman–Crippen LogP) is 6.21. The molecule has 8 heteroatoms. The summed E-state index contributed by atoms with van der Waals surface area (Å²) in [5.74, 6) is 0.247. The third kappa shape index (κ3) is 5.46. The van der Waals surface area contributed by atoms with Crippen LogP contribution in [0.5, 0.6) is 0 Å². The molecule has 0 spiro atoms. The quantitative estimate of drug-likeness (QED) is 0.210. The monoisotopic (exact) mass is 493 g/mol. The van der Waals surface area contributed by atoms with Crippen molar-refractivity contribution in [1.29, 1.82) is 0 Å². The van der Waals surface area contributed by atoms with Crippen molar-refractivity contribution in [1.82, 2.24) is 9.36 Å². The van der Waals surface area contributed by atoms with E-state index in [9.17, 15) is 9.59 Å². The van der Waals surface area contributed by atoms with Crippen molar-refractivity contribution in [2.45, 2.75) is 32.7 Å². The fourth-order valence-electron chi connectivity index (χ4n) is 3.94. The number of methoxy groups -OCH3 is 1. The van der Waals surface area contributed by atoms with Crippen LogP contribution >= 0.6 is 22.9 Å². The highest BCUT2D eigenvalue weighted by Gasteiger charge is 2.20. The third-order valence-electron chi connectivity index (χ3n) is 5.60. The number of hydrogen-bond acceptors (Lipinski definition) is 7. The van der Waals surface area contributed by atoms with Gasteiger partial charge in [-0.15, -0.1) is 11.3 Å². The van der Waals surface area contributed by atoms with E-state index >= 15 is 0 Å². The number of nitrogens with one attached hydrogen (secondary N) is 1. The number of carbonyl (C=O) groups is 1. The minimum Gasteiger partial charge on any atom is -0.465 e. The molecular weight excluding hydrogens is 466 g/mol. The second-order valence-electron chi connectivity index (χ2n) is 7.94. The molecule has 0 saturated carbocycles. The lowest BCUT2D eigenvalue weighted by Crippen LogP contribution is -2.25. The molecular formula is C26H27N3O3S2. The molecule has 2 aromatic carbocycles. The minimum atomic E-state index is -0.322. The topological polar surface area (TPSA) is 75.3 Å². The number of H-pyrrole nitrogens is 1. The van der Waals surface area contributed by atoms with Crippen molar-refractivity contribution in [2.75, 3.05) is 18.6 Å². The standard InChI is InChI=1S/C26H27N3O3S2/c1-3-4-8-14-29(24-21(13-15-33-24)25(30)32-2)17-18-11-12-20(19-9-6-5-7-10-19)22(16-18)23-27-26(31)34-28-23/h5-7,9-13,15-16H,3-4,8,14,17H2,1-2H3,(H,27,28,31). The minimum absolute atomic E-state index is 0.248. The summed E-state index contributed by atoms with van der Waals surface area (Å²) >= 11 is 2.54. The van der Waals surface area contributed by atoms with Gasteiger partial charge in [0.2, 0.25) is 0 Å². The Morgan fingerprint density at radius 3 is 2.62 bits per heavy atom. The Balaban J connectivity index is 1.72.